The van der Waals surface area contributed by atoms with Gasteiger partial charge in [-0.25, -0.2) is 0 Å². The standard InChI is InChI=1S/C13H15BrN2O/c1-3-5-10(4-2)16-13(17)11-8-9(14)6-7-12(11)15/h2,6-8,10H,3,5,15H2,1H3,(H,16,17). The van der Waals surface area contributed by atoms with E-state index < -0.39 is 0 Å². The summed E-state index contributed by atoms with van der Waals surface area (Å²) in [7, 11) is 0. The molecule has 0 fully saturated rings. The first-order valence-electron chi connectivity index (χ1n) is 5.40. The normalized spacial score (nSPS) is 11.6. The van der Waals surface area contributed by atoms with E-state index in [2.05, 4.69) is 27.2 Å². The summed E-state index contributed by atoms with van der Waals surface area (Å²) < 4.78 is 0.810. The Balaban J connectivity index is 2.83. The number of nitrogens with two attached hydrogens (primary N) is 1. The second kappa shape index (κ2) is 6.31. The van der Waals surface area contributed by atoms with Gasteiger partial charge in [0, 0.05) is 10.2 Å². The van der Waals surface area contributed by atoms with Crippen molar-refractivity contribution in [2.45, 2.75) is 25.8 Å². The van der Waals surface area contributed by atoms with Gasteiger partial charge in [0.1, 0.15) is 0 Å². The maximum Gasteiger partial charge on any atom is 0.254 e. The van der Waals surface area contributed by atoms with Crippen LogP contribution in [0.3, 0.4) is 0 Å². The van der Waals surface area contributed by atoms with E-state index in [0.717, 1.165) is 17.3 Å². The van der Waals surface area contributed by atoms with E-state index in [1.165, 1.54) is 0 Å². The molecule has 0 spiro atoms. The number of amides is 1. The SMILES string of the molecule is C#CC(CCC)NC(=O)c1cc(Br)ccc1N. The first-order valence-corrected chi connectivity index (χ1v) is 6.19. The molecular weight excluding hydrogens is 280 g/mol. The van der Waals surface area contributed by atoms with Gasteiger partial charge in [-0.3, -0.25) is 4.79 Å². The first-order chi connectivity index (χ1) is 8.08. The van der Waals surface area contributed by atoms with Gasteiger partial charge in [0.15, 0.2) is 0 Å². The molecule has 1 amide bonds. The summed E-state index contributed by atoms with van der Waals surface area (Å²) in [5, 5.41) is 2.78. The third-order valence-corrected chi connectivity index (χ3v) is 2.84. The zero-order valence-corrected chi connectivity index (χ0v) is 11.3. The molecule has 0 aromatic heterocycles. The lowest BCUT2D eigenvalue weighted by Gasteiger charge is -2.13. The van der Waals surface area contributed by atoms with Gasteiger partial charge in [0.2, 0.25) is 0 Å². The summed E-state index contributed by atoms with van der Waals surface area (Å²) in [6.45, 7) is 2.02. The summed E-state index contributed by atoms with van der Waals surface area (Å²) in [5.74, 6) is 2.32. The number of benzene rings is 1. The third-order valence-electron chi connectivity index (χ3n) is 2.34. The lowest BCUT2D eigenvalue weighted by molar-refractivity contribution is 0.0945. The highest BCUT2D eigenvalue weighted by molar-refractivity contribution is 9.10. The van der Waals surface area contributed by atoms with Crippen molar-refractivity contribution >= 4 is 27.5 Å². The number of rotatable bonds is 4. The largest absolute Gasteiger partial charge is 0.398 e. The molecule has 1 unspecified atom stereocenters. The minimum Gasteiger partial charge on any atom is -0.398 e. The monoisotopic (exact) mass is 294 g/mol. The highest BCUT2D eigenvalue weighted by Crippen LogP contribution is 2.18. The molecule has 1 atom stereocenters. The third kappa shape index (κ3) is 3.79. The molecule has 0 saturated heterocycles. The molecule has 0 aliphatic heterocycles. The first kappa shape index (κ1) is 13.6. The topological polar surface area (TPSA) is 55.1 Å². The Hall–Kier alpha value is -1.47. The molecule has 4 heteroatoms. The average Bonchev–Trinajstić information content (AvgIpc) is 2.31. The highest BCUT2D eigenvalue weighted by Gasteiger charge is 2.13. The van der Waals surface area contributed by atoms with Crippen LogP contribution >= 0.6 is 15.9 Å². The maximum atomic E-state index is 12.0. The Kier molecular flexibility index (Phi) is 5.05. The van der Waals surface area contributed by atoms with E-state index in [-0.39, 0.29) is 11.9 Å². The predicted molar refractivity (Wildman–Crippen MR) is 73.5 cm³/mol. The summed E-state index contributed by atoms with van der Waals surface area (Å²) >= 11 is 3.30. The van der Waals surface area contributed by atoms with E-state index >= 15 is 0 Å². The summed E-state index contributed by atoms with van der Waals surface area (Å²) in [4.78, 5) is 12.0. The maximum absolute atomic E-state index is 12.0. The number of nitrogens with one attached hydrogen (secondary N) is 1. The van der Waals surface area contributed by atoms with Crippen molar-refractivity contribution in [1.29, 1.82) is 0 Å². The molecule has 1 rings (SSSR count). The second-order valence-electron chi connectivity index (χ2n) is 3.71. The number of hydrogen-bond donors (Lipinski definition) is 2. The van der Waals surface area contributed by atoms with Gasteiger partial charge in [-0.15, -0.1) is 6.42 Å². The van der Waals surface area contributed by atoms with Gasteiger partial charge in [-0.1, -0.05) is 35.2 Å². The van der Waals surface area contributed by atoms with Crippen LogP contribution in [0.2, 0.25) is 0 Å². The van der Waals surface area contributed by atoms with Crippen LogP contribution in [0.1, 0.15) is 30.1 Å². The lowest BCUT2D eigenvalue weighted by atomic mass is 10.1. The molecule has 17 heavy (non-hydrogen) atoms. The number of terminal acetylenes is 1. The van der Waals surface area contributed by atoms with Gasteiger partial charge in [0.05, 0.1) is 11.6 Å². The van der Waals surface area contributed by atoms with Crippen LogP contribution in [0.15, 0.2) is 22.7 Å². The Morgan fingerprint density at radius 1 is 1.65 bits per heavy atom. The lowest BCUT2D eigenvalue weighted by Crippen LogP contribution is -2.34. The Morgan fingerprint density at radius 3 is 2.94 bits per heavy atom. The Labute approximate surface area is 110 Å². The van der Waals surface area contributed by atoms with Gasteiger partial charge in [-0.05, 0) is 24.6 Å². The van der Waals surface area contributed by atoms with Gasteiger partial charge < -0.3 is 11.1 Å². The molecule has 3 N–H and O–H groups in total. The zero-order valence-electron chi connectivity index (χ0n) is 9.66. The number of hydrogen-bond acceptors (Lipinski definition) is 2. The molecular formula is C13H15BrN2O. The van der Waals surface area contributed by atoms with E-state index in [4.69, 9.17) is 12.2 Å². The summed E-state index contributed by atoms with van der Waals surface area (Å²) in [6, 6.07) is 4.91. The number of anilines is 1. The fourth-order valence-corrected chi connectivity index (χ4v) is 1.81. The van der Waals surface area contributed by atoms with Gasteiger partial charge in [-0.2, -0.15) is 0 Å². The molecule has 0 aliphatic carbocycles. The van der Waals surface area contributed by atoms with Crippen LogP contribution in [-0.2, 0) is 0 Å². The van der Waals surface area contributed by atoms with Gasteiger partial charge in [0.25, 0.3) is 5.91 Å². The van der Waals surface area contributed by atoms with Crippen molar-refractivity contribution in [2.75, 3.05) is 5.73 Å². The molecule has 90 valence electrons. The van der Waals surface area contributed by atoms with Crippen molar-refractivity contribution in [3.05, 3.63) is 28.2 Å². The quantitative estimate of drug-likeness (QED) is 0.662. The van der Waals surface area contributed by atoms with Crippen LogP contribution in [0.25, 0.3) is 0 Å². The summed E-state index contributed by atoms with van der Waals surface area (Å²) in [6.07, 6.45) is 7.03. The molecule has 1 aromatic carbocycles. The zero-order chi connectivity index (χ0) is 12.8. The van der Waals surface area contributed by atoms with E-state index in [0.29, 0.717) is 11.3 Å². The van der Waals surface area contributed by atoms with E-state index in [9.17, 15) is 4.79 Å². The van der Waals surface area contributed by atoms with E-state index in [1.807, 2.05) is 6.92 Å². The highest BCUT2D eigenvalue weighted by atomic mass is 79.9. The second-order valence-corrected chi connectivity index (χ2v) is 4.63. The van der Waals surface area contributed by atoms with Crippen molar-refractivity contribution in [1.82, 2.24) is 5.32 Å². The molecule has 3 nitrogen and oxygen atoms in total. The number of carbonyl (C=O) groups is 1. The smallest absolute Gasteiger partial charge is 0.254 e. The van der Waals surface area contributed by atoms with Crippen molar-refractivity contribution in [2.24, 2.45) is 0 Å². The van der Waals surface area contributed by atoms with Crippen molar-refractivity contribution < 1.29 is 4.79 Å². The fourth-order valence-electron chi connectivity index (χ4n) is 1.45. The van der Waals surface area contributed by atoms with E-state index in [1.54, 1.807) is 18.2 Å². The molecule has 0 heterocycles. The van der Waals surface area contributed by atoms with Crippen LogP contribution in [0.4, 0.5) is 5.69 Å². The van der Waals surface area contributed by atoms with Crippen LogP contribution < -0.4 is 11.1 Å². The Bertz CT molecular complexity index is 451. The fraction of sp³-hybridized carbons (Fsp3) is 0.308. The number of halogens is 1. The molecule has 1 aromatic rings. The molecule has 0 aliphatic rings. The number of nitrogen functional groups attached to an aromatic ring is 1. The number of carbonyl (C=O) groups excluding carboxylic acids is 1. The Morgan fingerprint density at radius 2 is 2.35 bits per heavy atom. The van der Waals surface area contributed by atoms with Crippen molar-refractivity contribution in [3.63, 3.8) is 0 Å². The van der Waals surface area contributed by atoms with Crippen LogP contribution in [-0.4, -0.2) is 11.9 Å². The van der Waals surface area contributed by atoms with Crippen LogP contribution in [0.5, 0.6) is 0 Å². The minimum atomic E-state index is -0.245. The molecule has 0 bridgehead atoms. The molecule has 0 radical (unpaired) electrons. The van der Waals surface area contributed by atoms with Crippen LogP contribution in [0, 0.1) is 12.3 Å². The van der Waals surface area contributed by atoms with Gasteiger partial charge >= 0.3 is 0 Å². The predicted octanol–water partition coefficient (Wildman–Crippen LogP) is 2.56. The molecule has 0 saturated carbocycles. The van der Waals surface area contributed by atoms with Crippen molar-refractivity contribution in [3.8, 4) is 12.3 Å². The average molecular weight is 295 g/mol. The summed E-state index contributed by atoms with van der Waals surface area (Å²) in [5.41, 5.74) is 6.63. The minimum absolute atomic E-state index is 0.236.